The maximum Gasteiger partial charge on any atom is 0.411 e. The second-order valence-electron chi connectivity index (χ2n) is 3.63. The lowest BCUT2D eigenvalue weighted by molar-refractivity contribution is -0.173. The van der Waals surface area contributed by atoms with Gasteiger partial charge < -0.3 is 10.1 Å². The number of nitrogens with one attached hydrogen (secondary N) is 1. The number of nitrogens with zero attached hydrogens (tertiary/aromatic N) is 1. The second-order valence-corrected chi connectivity index (χ2v) is 3.63. The summed E-state index contributed by atoms with van der Waals surface area (Å²) in [7, 11) is 0. The molecular formula is C11H15F3N2O. The normalized spacial score (nSPS) is 13.6. The van der Waals surface area contributed by atoms with E-state index in [0.717, 1.165) is 5.56 Å². The zero-order valence-electron chi connectivity index (χ0n) is 9.50. The van der Waals surface area contributed by atoms with Gasteiger partial charge in [-0.3, -0.25) is 4.98 Å². The van der Waals surface area contributed by atoms with Crippen molar-refractivity contribution >= 4 is 0 Å². The van der Waals surface area contributed by atoms with Gasteiger partial charge in [-0.25, -0.2) is 0 Å². The second kappa shape index (κ2) is 6.56. The maximum absolute atomic E-state index is 11.8. The van der Waals surface area contributed by atoms with Gasteiger partial charge in [-0.05, 0) is 18.6 Å². The molecule has 0 amide bonds. The smallest absolute Gasteiger partial charge is 0.371 e. The van der Waals surface area contributed by atoms with E-state index in [4.69, 9.17) is 0 Å². The van der Waals surface area contributed by atoms with Gasteiger partial charge in [0, 0.05) is 25.0 Å². The molecule has 0 aliphatic carbocycles. The highest BCUT2D eigenvalue weighted by Gasteiger charge is 2.27. The fraction of sp³-hybridized carbons (Fsp3) is 0.545. The van der Waals surface area contributed by atoms with E-state index >= 15 is 0 Å². The SMILES string of the molecule is CC(NCCOCC(F)(F)F)c1cccnc1. The topological polar surface area (TPSA) is 34.1 Å². The van der Waals surface area contributed by atoms with Crippen molar-refractivity contribution in [2.75, 3.05) is 19.8 Å². The highest BCUT2D eigenvalue weighted by atomic mass is 19.4. The predicted octanol–water partition coefficient (Wildman–Crippen LogP) is 2.31. The van der Waals surface area contributed by atoms with Gasteiger partial charge in [-0.1, -0.05) is 6.07 Å². The zero-order chi connectivity index (χ0) is 12.7. The molecule has 1 aromatic heterocycles. The van der Waals surface area contributed by atoms with Crippen molar-refractivity contribution in [3.63, 3.8) is 0 Å². The summed E-state index contributed by atoms with van der Waals surface area (Å²) in [5.41, 5.74) is 0.989. The van der Waals surface area contributed by atoms with Crippen LogP contribution in [0.15, 0.2) is 24.5 Å². The Hall–Kier alpha value is -1.14. The van der Waals surface area contributed by atoms with E-state index in [1.165, 1.54) is 0 Å². The summed E-state index contributed by atoms with van der Waals surface area (Å²) < 4.78 is 39.7. The Balaban J connectivity index is 2.15. The minimum Gasteiger partial charge on any atom is -0.371 e. The molecule has 0 spiro atoms. The summed E-state index contributed by atoms with van der Waals surface area (Å²) >= 11 is 0. The lowest BCUT2D eigenvalue weighted by Crippen LogP contribution is -2.26. The summed E-state index contributed by atoms with van der Waals surface area (Å²) in [5, 5.41) is 3.05. The molecule has 1 aromatic rings. The predicted molar refractivity (Wildman–Crippen MR) is 57.5 cm³/mol. The lowest BCUT2D eigenvalue weighted by Gasteiger charge is -2.14. The first kappa shape index (κ1) is 13.9. The molecule has 17 heavy (non-hydrogen) atoms. The number of ether oxygens (including phenoxy) is 1. The van der Waals surface area contributed by atoms with Crippen LogP contribution in [0.3, 0.4) is 0 Å². The van der Waals surface area contributed by atoms with E-state index in [2.05, 4.69) is 15.0 Å². The van der Waals surface area contributed by atoms with E-state index in [9.17, 15) is 13.2 Å². The quantitative estimate of drug-likeness (QED) is 0.784. The Labute approximate surface area is 98.0 Å². The molecule has 0 aliphatic heterocycles. The lowest BCUT2D eigenvalue weighted by atomic mass is 10.1. The molecule has 0 saturated heterocycles. The molecule has 0 fully saturated rings. The van der Waals surface area contributed by atoms with Gasteiger partial charge in [0.05, 0.1) is 6.61 Å². The van der Waals surface area contributed by atoms with Crippen LogP contribution in [0.4, 0.5) is 13.2 Å². The average Bonchev–Trinajstić information content (AvgIpc) is 2.28. The monoisotopic (exact) mass is 248 g/mol. The van der Waals surface area contributed by atoms with Crippen LogP contribution in [0.5, 0.6) is 0 Å². The van der Waals surface area contributed by atoms with Gasteiger partial charge in [0.15, 0.2) is 0 Å². The maximum atomic E-state index is 11.8. The molecule has 0 aliphatic rings. The third-order valence-corrected chi connectivity index (χ3v) is 2.15. The Morgan fingerprint density at radius 3 is 2.82 bits per heavy atom. The van der Waals surface area contributed by atoms with Crippen LogP contribution in [0, 0.1) is 0 Å². The number of alkyl halides is 3. The number of halogens is 3. The van der Waals surface area contributed by atoms with Crippen molar-refractivity contribution in [2.24, 2.45) is 0 Å². The van der Waals surface area contributed by atoms with Gasteiger partial charge in [0.25, 0.3) is 0 Å². The van der Waals surface area contributed by atoms with E-state index in [1.54, 1.807) is 12.4 Å². The number of aromatic nitrogens is 1. The van der Waals surface area contributed by atoms with Crippen molar-refractivity contribution in [3.8, 4) is 0 Å². The molecule has 6 heteroatoms. The summed E-state index contributed by atoms with van der Waals surface area (Å²) in [6.45, 7) is 1.12. The van der Waals surface area contributed by atoms with Crippen LogP contribution < -0.4 is 5.32 Å². The Bertz CT molecular complexity index is 316. The summed E-state index contributed by atoms with van der Waals surface area (Å²) in [6, 6.07) is 3.76. The molecule has 0 radical (unpaired) electrons. The molecule has 0 aromatic carbocycles. The van der Waals surface area contributed by atoms with Crippen LogP contribution in [0.25, 0.3) is 0 Å². The third kappa shape index (κ3) is 6.23. The van der Waals surface area contributed by atoms with Crippen molar-refractivity contribution in [3.05, 3.63) is 30.1 Å². The van der Waals surface area contributed by atoms with Gasteiger partial charge in [0.2, 0.25) is 0 Å². The van der Waals surface area contributed by atoms with E-state index in [-0.39, 0.29) is 12.6 Å². The first-order valence-electron chi connectivity index (χ1n) is 5.27. The minimum absolute atomic E-state index is 0.0319. The zero-order valence-corrected chi connectivity index (χ0v) is 9.50. The average molecular weight is 248 g/mol. The number of hydrogen-bond acceptors (Lipinski definition) is 3. The molecule has 1 N–H and O–H groups in total. The van der Waals surface area contributed by atoms with Crippen LogP contribution in [0.1, 0.15) is 18.5 Å². The summed E-state index contributed by atoms with van der Waals surface area (Å²) in [5.74, 6) is 0. The summed E-state index contributed by atoms with van der Waals surface area (Å²) in [4.78, 5) is 3.96. The van der Waals surface area contributed by atoms with Gasteiger partial charge in [0.1, 0.15) is 6.61 Å². The van der Waals surface area contributed by atoms with Crippen molar-refractivity contribution in [1.82, 2.24) is 10.3 Å². The van der Waals surface area contributed by atoms with Gasteiger partial charge in [-0.2, -0.15) is 13.2 Å². The summed E-state index contributed by atoms with van der Waals surface area (Å²) in [6.07, 6.45) is -0.869. The Kier molecular flexibility index (Phi) is 5.37. The fourth-order valence-corrected chi connectivity index (χ4v) is 1.29. The van der Waals surface area contributed by atoms with Crippen LogP contribution in [-0.4, -0.2) is 30.9 Å². The molecule has 3 nitrogen and oxygen atoms in total. The van der Waals surface area contributed by atoms with Crippen molar-refractivity contribution in [1.29, 1.82) is 0 Å². The first-order chi connectivity index (χ1) is 7.99. The molecule has 1 heterocycles. The van der Waals surface area contributed by atoms with Gasteiger partial charge >= 0.3 is 6.18 Å². The largest absolute Gasteiger partial charge is 0.411 e. The standard InChI is InChI=1S/C11H15F3N2O/c1-9(10-3-2-4-15-7-10)16-5-6-17-8-11(12,13)14/h2-4,7,9,16H,5-6,8H2,1H3. The Morgan fingerprint density at radius 1 is 1.47 bits per heavy atom. The van der Waals surface area contributed by atoms with E-state index < -0.39 is 12.8 Å². The van der Waals surface area contributed by atoms with E-state index in [1.807, 2.05) is 19.1 Å². The van der Waals surface area contributed by atoms with Crippen LogP contribution >= 0.6 is 0 Å². The first-order valence-corrected chi connectivity index (χ1v) is 5.27. The van der Waals surface area contributed by atoms with Crippen LogP contribution in [-0.2, 0) is 4.74 Å². The number of hydrogen-bond donors (Lipinski definition) is 1. The molecule has 1 rings (SSSR count). The number of pyridine rings is 1. The van der Waals surface area contributed by atoms with Crippen molar-refractivity contribution < 1.29 is 17.9 Å². The van der Waals surface area contributed by atoms with Crippen LogP contribution in [0.2, 0.25) is 0 Å². The van der Waals surface area contributed by atoms with Crippen molar-refractivity contribution in [2.45, 2.75) is 19.1 Å². The highest BCUT2D eigenvalue weighted by Crippen LogP contribution is 2.14. The molecular weight excluding hydrogens is 233 g/mol. The third-order valence-electron chi connectivity index (χ3n) is 2.15. The Morgan fingerprint density at radius 2 is 2.24 bits per heavy atom. The molecule has 1 unspecified atom stereocenters. The van der Waals surface area contributed by atoms with Gasteiger partial charge in [-0.15, -0.1) is 0 Å². The molecule has 96 valence electrons. The van der Waals surface area contributed by atoms with E-state index in [0.29, 0.717) is 6.54 Å². The molecule has 0 bridgehead atoms. The number of rotatable bonds is 6. The molecule has 1 atom stereocenters. The minimum atomic E-state index is -4.25. The fourth-order valence-electron chi connectivity index (χ4n) is 1.29. The highest BCUT2D eigenvalue weighted by molar-refractivity contribution is 5.12. The molecule has 0 saturated carbocycles.